The maximum atomic E-state index is 4.58. The van der Waals surface area contributed by atoms with Crippen molar-refractivity contribution in [1.82, 2.24) is 4.98 Å². The molecule has 0 saturated heterocycles. The van der Waals surface area contributed by atoms with Gasteiger partial charge in [-0.25, -0.2) is 0 Å². The molecule has 18 heavy (non-hydrogen) atoms. The second-order valence-electron chi connectivity index (χ2n) is 4.74. The third kappa shape index (κ3) is 1.88. The standard InChI is InChI=1S/C17H15N/c1-12-8-13(2)16-10-15(11-18-17(16)9-12)14-6-4-3-5-7-14/h3-11H,1-2H3. The summed E-state index contributed by atoms with van der Waals surface area (Å²) in [6.07, 6.45) is 1.95. The summed E-state index contributed by atoms with van der Waals surface area (Å²) in [7, 11) is 0. The number of hydrogen-bond acceptors (Lipinski definition) is 1. The smallest absolute Gasteiger partial charge is 0.0707 e. The highest BCUT2D eigenvalue weighted by molar-refractivity contribution is 5.86. The van der Waals surface area contributed by atoms with E-state index in [-0.39, 0.29) is 0 Å². The van der Waals surface area contributed by atoms with Crippen LogP contribution in [-0.4, -0.2) is 4.98 Å². The van der Waals surface area contributed by atoms with E-state index in [1.54, 1.807) is 0 Å². The summed E-state index contributed by atoms with van der Waals surface area (Å²) in [5.74, 6) is 0. The number of aromatic nitrogens is 1. The maximum Gasteiger partial charge on any atom is 0.0707 e. The second-order valence-corrected chi connectivity index (χ2v) is 4.74. The second kappa shape index (κ2) is 4.26. The van der Waals surface area contributed by atoms with Gasteiger partial charge in [-0.1, -0.05) is 36.4 Å². The number of benzene rings is 2. The molecule has 0 fully saturated rings. The van der Waals surface area contributed by atoms with Crippen LogP contribution in [0.3, 0.4) is 0 Å². The Hall–Kier alpha value is -2.15. The largest absolute Gasteiger partial charge is 0.256 e. The van der Waals surface area contributed by atoms with Crippen molar-refractivity contribution >= 4 is 10.9 Å². The molecule has 1 nitrogen and oxygen atoms in total. The Morgan fingerprint density at radius 3 is 2.39 bits per heavy atom. The van der Waals surface area contributed by atoms with Crippen molar-refractivity contribution in [3.05, 3.63) is 65.9 Å². The van der Waals surface area contributed by atoms with Crippen molar-refractivity contribution in [2.45, 2.75) is 13.8 Å². The first-order valence-electron chi connectivity index (χ1n) is 6.16. The molecule has 0 amide bonds. The molecule has 1 heterocycles. The van der Waals surface area contributed by atoms with E-state index in [1.165, 1.54) is 27.6 Å². The van der Waals surface area contributed by atoms with Gasteiger partial charge < -0.3 is 0 Å². The Morgan fingerprint density at radius 2 is 1.61 bits per heavy atom. The molecule has 1 aromatic heterocycles. The van der Waals surface area contributed by atoms with Crippen LogP contribution in [0.1, 0.15) is 11.1 Å². The number of fused-ring (bicyclic) bond motifs is 1. The monoisotopic (exact) mass is 233 g/mol. The highest BCUT2D eigenvalue weighted by Crippen LogP contribution is 2.25. The van der Waals surface area contributed by atoms with E-state index in [0.29, 0.717) is 0 Å². The lowest BCUT2D eigenvalue weighted by molar-refractivity contribution is 1.35. The van der Waals surface area contributed by atoms with E-state index >= 15 is 0 Å². The topological polar surface area (TPSA) is 12.9 Å². The molecular weight excluding hydrogens is 218 g/mol. The van der Waals surface area contributed by atoms with Gasteiger partial charge in [0.1, 0.15) is 0 Å². The predicted octanol–water partition coefficient (Wildman–Crippen LogP) is 4.52. The van der Waals surface area contributed by atoms with Crippen LogP contribution in [0.5, 0.6) is 0 Å². The average molecular weight is 233 g/mol. The summed E-state index contributed by atoms with van der Waals surface area (Å²) in [5.41, 5.74) is 6.02. The number of hydrogen-bond donors (Lipinski definition) is 0. The zero-order chi connectivity index (χ0) is 12.5. The van der Waals surface area contributed by atoms with Crippen LogP contribution in [0.25, 0.3) is 22.0 Å². The van der Waals surface area contributed by atoms with Gasteiger partial charge in [0, 0.05) is 17.1 Å². The summed E-state index contributed by atoms with van der Waals surface area (Å²) >= 11 is 0. The molecule has 0 N–H and O–H groups in total. The van der Waals surface area contributed by atoms with Crippen LogP contribution in [0.4, 0.5) is 0 Å². The first-order valence-corrected chi connectivity index (χ1v) is 6.16. The van der Waals surface area contributed by atoms with Crippen molar-refractivity contribution in [3.8, 4) is 11.1 Å². The van der Waals surface area contributed by atoms with Gasteiger partial charge in [-0.15, -0.1) is 0 Å². The third-order valence-electron chi connectivity index (χ3n) is 3.26. The minimum Gasteiger partial charge on any atom is -0.256 e. The van der Waals surface area contributed by atoms with E-state index in [4.69, 9.17) is 0 Å². The minimum absolute atomic E-state index is 1.08. The van der Waals surface area contributed by atoms with Crippen LogP contribution in [0.15, 0.2) is 54.7 Å². The van der Waals surface area contributed by atoms with E-state index in [9.17, 15) is 0 Å². The lowest BCUT2D eigenvalue weighted by atomic mass is 10.0. The molecule has 0 aliphatic heterocycles. The van der Waals surface area contributed by atoms with Crippen LogP contribution in [0, 0.1) is 13.8 Å². The number of rotatable bonds is 1. The molecule has 3 aromatic rings. The van der Waals surface area contributed by atoms with Gasteiger partial charge in [-0.2, -0.15) is 0 Å². The van der Waals surface area contributed by atoms with Gasteiger partial charge in [-0.3, -0.25) is 4.98 Å². The molecule has 88 valence electrons. The summed E-state index contributed by atoms with van der Waals surface area (Å²) in [6, 6.07) is 17.0. The van der Waals surface area contributed by atoms with Crippen LogP contribution in [0.2, 0.25) is 0 Å². The van der Waals surface area contributed by atoms with Gasteiger partial charge in [0.2, 0.25) is 0 Å². The van der Waals surface area contributed by atoms with Crippen LogP contribution < -0.4 is 0 Å². The molecule has 0 atom stereocenters. The Bertz CT molecular complexity index is 699. The fraction of sp³-hybridized carbons (Fsp3) is 0.118. The SMILES string of the molecule is Cc1cc(C)c2cc(-c3ccccc3)cnc2c1. The first kappa shape index (κ1) is 11.0. The zero-order valence-corrected chi connectivity index (χ0v) is 10.6. The van der Waals surface area contributed by atoms with Crippen molar-refractivity contribution in [2.75, 3.05) is 0 Å². The van der Waals surface area contributed by atoms with Crippen LogP contribution in [-0.2, 0) is 0 Å². The van der Waals surface area contributed by atoms with Gasteiger partial charge in [0.05, 0.1) is 5.52 Å². The highest BCUT2D eigenvalue weighted by atomic mass is 14.6. The molecule has 0 unspecified atom stereocenters. The normalized spacial score (nSPS) is 10.8. The molecule has 0 saturated carbocycles. The molecule has 3 rings (SSSR count). The Kier molecular flexibility index (Phi) is 2.60. The molecule has 0 bridgehead atoms. The minimum atomic E-state index is 1.08. The lowest BCUT2D eigenvalue weighted by Gasteiger charge is -2.07. The number of pyridine rings is 1. The average Bonchev–Trinajstić information content (AvgIpc) is 2.39. The fourth-order valence-corrected chi connectivity index (χ4v) is 2.37. The molecule has 0 spiro atoms. The first-order chi connectivity index (χ1) is 8.74. The lowest BCUT2D eigenvalue weighted by Crippen LogP contribution is -1.87. The van der Waals surface area contributed by atoms with Crippen molar-refractivity contribution < 1.29 is 0 Å². The zero-order valence-electron chi connectivity index (χ0n) is 10.6. The van der Waals surface area contributed by atoms with Gasteiger partial charge in [0.15, 0.2) is 0 Å². The summed E-state index contributed by atoms with van der Waals surface area (Å²) in [6.45, 7) is 4.25. The predicted molar refractivity (Wildman–Crippen MR) is 76.7 cm³/mol. The third-order valence-corrected chi connectivity index (χ3v) is 3.26. The summed E-state index contributed by atoms with van der Waals surface area (Å²) < 4.78 is 0. The van der Waals surface area contributed by atoms with E-state index in [1.807, 2.05) is 12.3 Å². The van der Waals surface area contributed by atoms with Crippen molar-refractivity contribution in [2.24, 2.45) is 0 Å². The maximum absolute atomic E-state index is 4.58. The molecular formula is C17H15N. The molecule has 0 aliphatic carbocycles. The van der Waals surface area contributed by atoms with Crippen molar-refractivity contribution in [3.63, 3.8) is 0 Å². The summed E-state index contributed by atoms with van der Waals surface area (Å²) in [5, 5.41) is 1.24. The molecule has 0 radical (unpaired) electrons. The van der Waals surface area contributed by atoms with E-state index in [0.717, 1.165) is 5.52 Å². The van der Waals surface area contributed by atoms with E-state index < -0.39 is 0 Å². The Labute approximate surface area is 107 Å². The fourth-order valence-electron chi connectivity index (χ4n) is 2.37. The van der Waals surface area contributed by atoms with Crippen LogP contribution >= 0.6 is 0 Å². The van der Waals surface area contributed by atoms with Gasteiger partial charge >= 0.3 is 0 Å². The highest BCUT2D eigenvalue weighted by Gasteiger charge is 2.03. The molecule has 1 heteroatoms. The van der Waals surface area contributed by atoms with Gasteiger partial charge in [0.25, 0.3) is 0 Å². The molecule has 0 aliphatic rings. The molecule has 2 aromatic carbocycles. The Balaban J connectivity index is 2.23. The number of nitrogens with zero attached hydrogens (tertiary/aromatic N) is 1. The number of aryl methyl sites for hydroxylation is 2. The Morgan fingerprint density at radius 1 is 0.833 bits per heavy atom. The van der Waals surface area contributed by atoms with Crippen molar-refractivity contribution in [1.29, 1.82) is 0 Å². The summed E-state index contributed by atoms with van der Waals surface area (Å²) in [4.78, 5) is 4.58. The van der Waals surface area contributed by atoms with Gasteiger partial charge in [-0.05, 0) is 42.7 Å². The quantitative estimate of drug-likeness (QED) is 0.602. The van der Waals surface area contributed by atoms with E-state index in [2.05, 4.69) is 61.3 Å².